The van der Waals surface area contributed by atoms with Crippen LogP contribution in [0, 0.1) is 16.0 Å². The number of benzene rings is 2. The number of aliphatic hydroxyl groups is 1. The van der Waals surface area contributed by atoms with Gasteiger partial charge in [0.2, 0.25) is 0 Å². The standard InChI is InChI=1S/C19H21ClN2O5S/c1-28(26,27)18-12-16(6-7-17(18)22(24)25)21-10-8-14(9-11-21)19(23)13-2-4-15(20)5-3-13/h2-7,12,14,19,23H,8-11H2,1H3. The summed E-state index contributed by atoms with van der Waals surface area (Å²) in [6, 6.07) is 11.3. The first-order valence-corrected chi connectivity index (χ1v) is 11.1. The largest absolute Gasteiger partial charge is 0.388 e. The first-order valence-electron chi connectivity index (χ1n) is 8.84. The monoisotopic (exact) mass is 424 g/mol. The number of nitro benzene ring substituents is 1. The van der Waals surface area contributed by atoms with Gasteiger partial charge >= 0.3 is 0 Å². The van der Waals surface area contributed by atoms with Gasteiger partial charge in [0.15, 0.2) is 9.84 Å². The highest BCUT2D eigenvalue weighted by Gasteiger charge is 2.28. The molecule has 1 aliphatic heterocycles. The van der Waals surface area contributed by atoms with E-state index in [0.29, 0.717) is 23.8 Å². The molecule has 7 nitrogen and oxygen atoms in total. The predicted molar refractivity (Wildman–Crippen MR) is 108 cm³/mol. The highest BCUT2D eigenvalue weighted by Crippen LogP contribution is 2.35. The average molecular weight is 425 g/mol. The number of halogens is 1. The summed E-state index contributed by atoms with van der Waals surface area (Å²) in [7, 11) is -3.72. The molecule has 3 rings (SSSR count). The Labute approximate surface area is 168 Å². The fourth-order valence-electron chi connectivity index (χ4n) is 3.55. The molecule has 1 N–H and O–H groups in total. The molecular formula is C19H21ClN2O5S. The summed E-state index contributed by atoms with van der Waals surface area (Å²) < 4.78 is 23.9. The van der Waals surface area contributed by atoms with Crippen molar-refractivity contribution in [2.24, 2.45) is 5.92 Å². The predicted octanol–water partition coefficient (Wildman–Crippen LogP) is 3.60. The molecule has 2 aromatic carbocycles. The van der Waals surface area contributed by atoms with Crippen molar-refractivity contribution in [3.63, 3.8) is 0 Å². The van der Waals surface area contributed by atoms with Gasteiger partial charge < -0.3 is 10.0 Å². The number of nitrogens with zero attached hydrogens (tertiary/aromatic N) is 2. The summed E-state index contributed by atoms with van der Waals surface area (Å²) in [5, 5.41) is 22.4. The van der Waals surface area contributed by atoms with Crippen molar-refractivity contribution in [2.45, 2.75) is 23.8 Å². The molecule has 0 amide bonds. The van der Waals surface area contributed by atoms with Crippen molar-refractivity contribution in [2.75, 3.05) is 24.2 Å². The Kier molecular flexibility index (Phi) is 5.92. The number of hydrogen-bond acceptors (Lipinski definition) is 6. The molecule has 1 fully saturated rings. The summed E-state index contributed by atoms with van der Waals surface area (Å²) in [4.78, 5) is 12.1. The molecule has 1 aliphatic rings. The van der Waals surface area contributed by atoms with E-state index < -0.39 is 26.6 Å². The molecule has 28 heavy (non-hydrogen) atoms. The molecule has 0 radical (unpaired) electrons. The zero-order chi connectivity index (χ0) is 20.5. The van der Waals surface area contributed by atoms with E-state index in [1.54, 1.807) is 18.2 Å². The van der Waals surface area contributed by atoms with Gasteiger partial charge in [-0.05, 0) is 48.6 Å². The molecule has 1 atom stereocenters. The van der Waals surface area contributed by atoms with Crippen molar-refractivity contribution in [1.29, 1.82) is 0 Å². The number of hydrogen-bond donors (Lipinski definition) is 1. The van der Waals surface area contributed by atoms with Gasteiger partial charge in [0.1, 0.15) is 4.90 Å². The maximum absolute atomic E-state index is 11.9. The summed E-state index contributed by atoms with van der Waals surface area (Å²) in [6.45, 7) is 1.24. The Balaban J connectivity index is 1.74. The lowest BCUT2D eigenvalue weighted by atomic mass is 9.87. The second kappa shape index (κ2) is 8.06. The lowest BCUT2D eigenvalue weighted by molar-refractivity contribution is -0.387. The van der Waals surface area contributed by atoms with Crippen LogP contribution in [0.1, 0.15) is 24.5 Å². The lowest BCUT2D eigenvalue weighted by Crippen LogP contribution is -2.35. The Morgan fingerprint density at radius 2 is 1.79 bits per heavy atom. The number of sulfone groups is 1. The van der Waals surface area contributed by atoms with Crippen LogP contribution in [0.25, 0.3) is 0 Å². The minimum atomic E-state index is -3.72. The molecule has 9 heteroatoms. The van der Waals surface area contributed by atoms with E-state index in [9.17, 15) is 23.6 Å². The van der Waals surface area contributed by atoms with Crippen molar-refractivity contribution < 1.29 is 18.4 Å². The zero-order valence-electron chi connectivity index (χ0n) is 15.3. The van der Waals surface area contributed by atoms with Crippen LogP contribution in [0.5, 0.6) is 0 Å². The van der Waals surface area contributed by atoms with Gasteiger partial charge in [0, 0.05) is 36.1 Å². The average Bonchev–Trinajstić information content (AvgIpc) is 2.67. The minimum absolute atomic E-state index is 0.0739. The van der Waals surface area contributed by atoms with E-state index in [4.69, 9.17) is 11.6 Å². The number of aliphatic hydroxyl groups excluding tert-OH is 1. The van der Waals surface area contributed by atoms with E-state index >= 15 is 0 Å². The molecule has 0 bridgehead atoms. The van der Waals surface area contributed by atoms with E-state index in [0.717, 1.165) is 24.7 Å². The number of nitro groups is 1. The highest BCUT2D eigenvalue weighted by molar-refractivity contribution is 7.90. The van der Waals surface area contributed by atoms with E-state index in [2.05, 4.69) is 0 Å². The maximum atomic E-state index is 11.9. The van der Waals surface area contributed by atoms with Gasteiger partial charge in [-0.1, -0.05) is 23.7 Å². The number of anilines is 1. The Bertz CT molecular complexity index is 970. The molecule has 1 heterocycles. The van der Waals surface area contributed by atoms with Crippen LogP contribution in [0.15, 0.2) is 47.4 Å². The third kappa shape index (κ3) is 4.45. The number of piperidine rings is 1. The third-order valence-corrected chi connectivity index (χ3v) is 6.48. The number of rotatable bonds is 5. The van der Waals surface area contributed by atoms with Crippen LogP contribution in [-0.2, 0) is 9.84 Å². The summed E-state index contributed by atoms with van der Waals surface area (Å²) >= 11 is 5.89. The lowest BCUT2D eigenvalue weighted by Gasteiger charge is -2.35. The summed E-state index contributed by atoms with van der Waals surface area (Å²) in [6.07, 6.45) is 1.81. The first kappa shape index (κ1) is 20.6. The van der Waals surface area contributed by atoms with Gasteiger partial charge in [-0.25, -0.2) is 8.42 Å². The van der Waals surface area contributed by atoms with Crippen molar-refractivity contribution in [1.82, 2.24) is 0 Å². The second-order valence-electron chi connectivity index (χ2n) is 7.00. The van der Waals surface area contributed by atoms with Gasteiger partial charge in [-0.2, -0.15) is 0 Å². The van der Waals surface area contributed by atoms with E-state index in [1.807, 2.05) is 17.0 Å². The minimum Gasteiger partial charge on any atom is -0.388 e. The molecular weight excluding hydrogens is 404 g/mol. The fraction of sp³-hybridized carbons (Fsp3) is 0.368. The SMILES string of the molecule is CS(=O)(=O)c1cc(N2CCC(C(O)c3ccc(Cl)cc3)CC2)ccc1[N+](=O)[O-]. The fourth-order valence-corrected chi connectivity index (χ4v) is 4.54. The molecule has 1 saturated heterocycles. The molecule has 0 spiro atoms. The summed E-state index contributed by atoms with van der Waals surface area (Å²) in [5.41, 5.74) is 1.03. The molecule has 0 aliphatic carbocycles. The Hall–Kier alpha value is -2.16. The van der Waals surface area contributed by atoms with Crippen LogP contribution >= 0.6 is 11.6 Å². The van der Waals surface area contributed by atoms with E-state index in [-0.39, 0.29) is 10.8 Å². The zero-order valence-corrected chi connectivity index (χ0v) is 16.9. The van der Waals surface area contributed by atoms with Crippen LogP contribution in [0.2, 0.25) is 5.02 Å². The van der Waals surface area contributed by atoms with Gasteiger partial charge in [0.25, 0.3) is 5.69 Å². The van der Waals surface area contributed by atoms with E-state index in [1.165, 1.54) is 12.1 Å². The second-order valence-corrected chi connectivity index (χ2v) is 9.42. The van der Waals surface area contributed by atoms with Crippen molar-refractivity contribution in [3.8, 4) is 0 Å². The Morgan fingerprint density at radius 1 is 1.18 bits per heavy atom. The molecule has 150 valence electrons. The van der Waals surface area contributed by atoms with Gasteiger partial charge in [-0.3, -0.25) is 10.1 Å². The maximum Gasteiger partial charge on any atom is 0.288 e. The molecule has 0 saturated carbocycles. The molecule has 1 unspecified atom stereocenters. The smallest absolute Gasteiger partial charge is 0.288 e. The molecule has 0 aromatic heterocycles. The third-order valence-electron chi connectivity index (χ3n) is 5.10. The Morgan fingerprint density at radius 3 is 2.32 bits per heavy atom. The van der Waals surface area contributed by atoms with Crippen LogP contribution in [-0.4, -0.2) is 37.8 Å². The van der Waals surface area contributed by atoms with Gasteiger partial charge in [0.05, 0.1) is 11.0 Å². The van der Waals surface area contributed by atoms with Crippen LogP contribution in [0.4, 0.5) is 11.4 Å². The van der Waals surface area contributed by atoms with Crippen molar-refractivity contribution in [3.05, 3.63) is 63.2 Å². The normalized spacial score (nSPS) is 16.8. The van der Waals surface area contributed by atoms with Crippen molar-refractivity contribution >= 4 is 32.8 Å². The summed E-state index contributed by atoms with van der Waals surface area (Å²) in [5.74, 6) is 0.0739. The molecule has 2 aromatic rings. The van der Waals surface area contributed by atoms with Gasteiger partial charge in [-0.15, -0.1) is 0 Å². The van der Waals surface area contributed by atoms with Crippen LogP contribution < -0.4 is 4.90 Å². The first-order chi connectivity index (χ1) is 13.2. The van der Waals surface area contributed by atoms with Crippen LogP contribution in [0.3, 0.4) is 0 Å². The highest BCUT2D eigenvalue weighted by atomic mass is 35.5. The topological polar surface area (TPSA) is 101 Å². The quantitative estimate of drug-likeness (QED) is 0.581.